The number of hydrogen-bond acceptors (Lipinski definition) is 3. The zero-order valence-electron chi connectivity index (χ0n) is 26.7. The molecule has 1 heterocycles. The summed E-state index contributed by atoms with van der Waals surface area (Å²) >= 11 is 6.09. The van der Waals surface area contributed by atoms with Gasteiger partial charge in [-0.25, -0.2) is 4.39 Å². The average Bonchev–Trinajstić information content (AvgIpc) is 3.59. The Labute approximate surface area is 285 Å². The molecule has 0 bridgehead atoms. The number of anilines is 1. The van der Waals surface area contributed by atoms with Crippen LogP contribution in [0.25, 0.3) is 22.3 Å². The van der Waals surface area contributed by atoms with Crippen molar-refractivity contribution in [2.45, 2.75) is 51.1 Å². The van der Waals surface area contributed by atoms with Crippen molar-refractivity contribution in [3.05, 3.63) is 126 Å². The van der Waals surface area contributed by atoms with Crippen LogP contribution in [-0.4, -0.2) is 17.7 Å². The highest BCUT2D eigenvalue weighted by molar-refractivity contribution is 6.31. The molecule has 3 unspecified atom stereocenters. The number of halogens is 2. The Morgan fingerprint density at radius 1 is 0.938 bits per heavy atom. The Kier molecular flexibility index (Phi) is 10.1. The topological polar surface area (TPSA) is 92.5 Å². The smallest absolute Gasteiger partial charge is 0.254 e. The van der Waals surface area contributed by atoms with E-state index in [1.54, 1.807) is 23.1 Å². The zero-order valence-corrected chi connectivity index (χ0v) is 27.5. The van der Waals surface area contributed by atoms with Crippen molar-refractivity contribution in [1.29, 1.82) is 0 Å². The van der Waals surface area contributed by atoms with Gasteiger partial charge in [0.05, 0.1) is 29.1 Å². The number of allylic oxidation sites excluding steroid dienone is 1. The molecule has 3 N–H and O–H groups in total. The number of carbonyl (C=O) groups excluding carboxylic acids is 3. The first-order valence-corrected chi connectivity index (χ1v) is 16.9. The van der Waals surface area contributed by atoms with Crippen molar-refractivity contribution < 1.29 is 18.8 Å². The monoisotopic (exact) mass is 663 g/mol. The quantitative estimate of drug-likeness (QED) is 0.158. The minimum atomic E-state index is -1.01. The lowest BCUT2D eigenvalue weighted by Crippen LogP contribution is -2.47. The molecule has 0 aromatic heterocycles. The summed E-state index contributed by atoms with van der Waals surface area (Å²) in [5.74, 6) is -2.80. The van der Waals surface area contributed by atoms with Crippen LogP contribution >= 0.6 is 11.6 Å². The van der Waals surface area contributed by atoms with Crippen molar-refractivity contribution in [2.24, 2.45) is 23.5 Å². The van der Waals surface area contributed by atoms with E-state index < -0.39 is 29.6 Å². The molecule has 6 rings (SSSR count). The maximum atomic E-state index is 14.8. The molecule has 1 aliphatic carbocycles. The first-order chi connectivity index (χ1) is 23.2. The summed E-state index contributed by atoms with van der Waals surface area (Å²) in [4.78, 5) is 43.5. The number of nitrogens with two attached hydrogens (primary N) is 1. The summed E-state index contributed by atoms with van der Waals surface area (Å²) in [7, 11) is 0. The number of hydrogen-bond donors (Lipinski definition) is 2. The van der Waals surface area contributed by atoms with Crippen LogP contribution < -0.4 is 16.0 Å². The largest absolute Gasteiger partial charge is 0.369 e. The van der Waals surface area contributed by atoms with E-state index in [1.165, 1.54) is 6.07 Å². The highest BCUT2D eigenvalue weighted by atomic mass is 35.5. The number of primary amides is 1. The molecule has 4 aromatic carbocycles. The van der Waals surface area contributed by atoms with Gasteiger partial charge < -0.3 is 16.0 Å². The molecule has 3 atom stereocenters. The Balaban J connectivity index is 1.38. The van der Waals surface area contributed by atoms with Gasteiger partial charge in [0.15, 0.2) is 0 Å². The maximum Gasteiger partial charge on any atom is 0.254 e. The predicted octanol–water partition coefficient (Wildman–Crippen LogP) is 8.39. The summed E-state index contributed by atoms with van der Waals surface area (Å²) in [6.07, 6.45) is 6.63. The molecule has 4 aromatic rings. The van der Waals surface area contributed by atoms with Gasteiger partial charge in [0.1, 0.15) is 11.9 Å². The zero-order chi connectivity index (χ0) is 33.8. The number of para-hydroxylation sites is 1. The third kappa shape index (κ3) is 6.92. The summed E-state index contributed by atoms with van der Waals surface area (Å²) in [6.45, 7) is 4.02. The van der Waals surface area contributed by atoms with Crippen LogP contribution in [0.2, 0.25) is 5.02 Å². The first kappa shape index (κ1) is 33.2. The van der Waals surface area contributed by atoms with E-state index in [9.17, 15) is 18.8 Å². The van der Waals surface area contributed by atoms with Gasteiger partial charge in [0, 0.05) is 5.56 Å². The van der Waals surface area contributed by atoms with Gasteiger partial charge in [0.25, 0.3) is 5.91 Å². The molecular formula is C40H39ClFN3O3. The summed E-state index contributed by atoms with van der Waals surface area (Å²) < 4.78 is 13.9. The second-order valence-electron chi connectivity index (χ2n) is 12.8. The normalized spacial score (nSPS) is 17.2. The predicted molar refractivity (Wildman–Crippen MR) is 188 cm³/mol. The number of benzene rings is 4. The van der Waals surface area contributed by atoms with Gasteiger partial charge in [-0.15, -0.1) is 6.58 Å². The molecule has 0 radical (unpaired) electrons. The molecule has 8 heteroatoms. The minimum absolute atomic E-state index is 0.0313. The van der Waals surface area contributed by atoms with Crippen LogP contribution in [0.3, 0.4) is 0 Å². The van der Waals surface area contributed by atoms with Crippen LogP contribution in [0.4, 0.5) is 10.1 Å². The second-order valence-corrected chi connectivity index (χ2v) is 13.2. The minimum Gasteiger partial charge on any atom is -0.369 e. The van der Waals surface area contributed by atoms with Crippen molar-refractivity contribution >= 4 is 35.0 Å². The first-order valence-electron chi connectivity index (χ1n) is 16.5. The molecule has 0 spiro atoms. The highest BCUT2D eigenvalue weighted by Gasteiger charge is 2.39. The molecule has 1 aliphatic heterocycles. The van der Waals surface area contributed by atoms with Gasteiger partial charge in [-0.1, -0.05) is 110 Å². The van der Waals surface area contributed by atoms with Crippen molar-refractivity contribution in [3.8, 4) is 22.3 Å². The van der Waals surface area contributed by atoms with Gasteiger partial charge in [-0.05, 0) is 70.8 Å². The SMILES string of the molecule is C=CCC(C(N)=O)C(CC1CCCC1)C(=O)NC1C(=O)N(Cc2cccc(-c3ccc(F)c(Cl)c3)c2)c2ccccc2-c2ccccc21. The molecule has 1 saturated carbocycles. The van der Waals surface area contributed by atoms with Crippen molar-refractivity contribution in [3.63, 3.8) is 0 Å². The van der Waals surface area contributed by atoms with Crippen LogP contribution in [-0.2, 0) is 20.9 Å². The van der Waals surface area contributed by atoms with E-state index in [2.05, 4.69) is 11.9 Å². The number of fused-ring (bicyclic) bond motifs is 3. The summed E-state index contributed by atoms with van der Waals surface area (Å²) in [5, 5.41) is 3.14. The van der Waals surface area contributed by atoms with Crippen LogP contribution in [0.5, 0.6) is 0 Å². The van der Waals surface area contributed by atoms with Gasteiger partial charge in [-0.3, -0.25) is 14.4 Å². The lowest BCUT2D eigenvalue weighted by molar-refractivity contribution is -0.136. The standard InChI is InChI=1S/C40H39ClFN3O3/c1-2-10-32(38(43)46)33(22-25-11-3-4-12-25)39(47)44-37-31-17-6-5-15-29(31)30-16-7-8-18-36(30)45(40(37)48)24-26-13-9-14-27(21-26)28-19-20-35(42)34(41)23-28/h2,5-9,13-21,23,25,32-33,37H,1,3-4,10-12,22,24H2,(H2,43,46)(H,44,47). The van der Waals surface area contributed by atoms with Crippen LogP contribution in [0, 0.1) is 23.6 Å². The fraction of sp³-hybridized carbons (Fsp3) is 0.275. The van der Waals surface area contributed by atoms with Gasteiger partial charge >= 0.3 is 0 Å². The van der Waals surface area contributed by atoms with Crippen LogP contribution in [0.15, 0.2) is 104 Å². The lowest BCUT2D eigenvalue weighted by Gasteiger charge is -2.30. The molecule has 48 heavy (non-hydrogen) atoms. The van der Waals surface area contributed by atoms with Crippen molar-refractivity contribution in [2.75, 3.05) is 4.90 Å². The Hall–Kier alpha value is -4.75. The highest BCUT2D eigenvalue weighted by Crippen LogP contribution is 2.42. The number of carbonyl (C=O) groups is 3. The Bertz CT molecular complexity index is 1850. The van der Waals surface area contributed by atoms with E-state index in [-0.39, 0.29) is 29.8 Å². The number of nitrogens with zero attached hydrogens (tertiary/aromatic N) is 1. The number of nitrogens with one attached hydrogen (secondary N) is 1. The third-order valence-electron chi connectivity index (χ3n) is 9.75. The van der Waals surface area contributed by atoms with Gasteiger partial charge in [-0.2, -0.15) is 0 Å². The molecular weight excluding hydrogens is 625 g/mol. The average molecular weight is 664 g/mol. The van der Waals surface area contributed by atoms with E-state index >= 15 is 0 Å². The Morgan fingerprint density at radius 2 is 1.65 bits per heavy atom. The number of rotatable bonds is 11. The molecule has 3 amide bonds. The van der Waals surface area contributed by atoms with E-state index in [0.29, 0.717) is 23.6 Å². The maximum absolute atomic E-state index is 14.8. The van der Waals surface area contributed by atoms with E-state index in [0.717, 1.165) is 53.5 Å². The Morgan fingerprint density at radius 3 is 2.38 bits per heavy atom. The lowest BCUT2D eigenvalue weighted by atomic mass is 9.80. The molecule has 2 aliphatic rings. The fourth-order valence-corrected chi connectivity index (χ4v) is 7.50. The fourth-order valence-electron chi connectivity index (χ4n) is 7.32. The van der Waals surface area contributed by atoms with Gasteiger partial charge in [0.2, 0.25) is 11.8 Å². The molecule has 0 saturated heterocycles. The summed E-state index contributed by atoms with van der Waals surface area (Å²) in [5.41, 5.74) is 11.4. The van der Waals surface area contributed by atoms with E-state index in [4.69, 9.17) is 17.3 Å². The molecule has 246 valence electrons. The third-order valence-corrected chi connectivity index (χ3v) is 10.0. The van der Waals surface area contributed by atoms with E-state index in [1.807, 2.05) is 72.8 Å². The molecule has 6 nitrogen and oxygen atoms in total. The molecule has 1 fully saturated rings. The van der Waals surface area contributed by atoms with Crippen molar-refractivity contribution in [1.82, 2.24) is 5.32 Å². The number of amides is 3. The second kappa shape index (κ2) is 14.6. The summed E-state index contributed by atoms with van der Waals surface area (Å²) in [6, 6.07) is 26.6. The van der Waals surface area contributed by atoms with Crippen LogP contribution in [0.1, 0.15) is 55.7 Å².